The van der Waals surface area contributed by atoms with E-state index >= 15 is 0 Å². The van der Waals surface area contributed by atoms with Crippen molar-refractivity contribution in [2.24, 2.45) is 23.7 Å². The molecule has 1 spiro atoms. The molecule has 1 aliphatic carbocycles. The van der Waals surface area contributed by atoms with Crippen LogP contribution in [0.3, 0.4) is 0 Å². The molecule has 1 aromatic heterocycles. The van der Waals surface area contributed by atoms with Gasteiger partial charge in [0.05, 0.1) is 22.0 Å². The smallest absolute Gasteiger partial charge is 0.308 e. The summed E-state index contributed by atoms with van der Waals surface area (Å²) < 4.78 is 18.5. The lowest BCUT2D eigenvalue weighted by Gasteiger charge is -2.59. The molecule has 13 heteroatoms. The number of fused-ring (bicyclic) bond motifs is 3. The first-order valence-corrected chi connectivity index (χ1v) is 16.5. The van der Waals surface area contributed by atoms with Crippen molar-refractivity contribution < 1.29 is 33.6 Å². The van der Waals surface area contributed by atoms with Gasteiger partial charge in [-0.25, -0.2) is 19.7 Å². The van der Waals surface area contributed by atoms with Gasteiger partial charge < -0.3 is 24.8 Å². The van der Waals surface area contributed by atoms with Crippen LogP contribution in [0.1, 0.15) is 59.3 Å². The molecule has 1 saturated carbocycles. The SMILES string of the molecule is C[C@H]1[C@H](OC(=O)CCC(=O)Nc2ccc3ncnc(Nc4ccc(Cl)c(Cl)c4)c3c2)O[C@@H]2O[C@@]3(C)CC[C@H]4[C@H](C)CC[C@@H]1[C@@]24OO3. The fraction of sp³-hybridized carbons (Fsp3) is 0.515. The van der Waals surface area contributed by atoms with Gasteiger partial charge in [0.15, 0.2) is 11.9 Å². The minimum absolute atomic E-state index is 0.0316. The van der Waals surface area contributed by atoms with Gasteiger partial charge in [0.1, 0.15) is 12.1 Å². The second-order valence-electron chi connectivity index (χ2n) is 13.0. The van der Waals surface area contributed by atoms with Crippen LogP contribution in [0.5, 0.6) is 0 Å². The minimum Gasteiger partial charge on any atom is -0.435 e. The number of esters is 1. The minimum atomic E-state index is -0.917. The van der Waals surface area contributed by atoms with Crippen LogP contribution in [0, 0.1) is 23.7 Å². The number of hydrogen-bond donors (Lipinski definition) is 2. The number of rotatable bonds is 7. The molecular formula is C33H36Cl2N4O7. The Kier molecular flexibility index (Phi) is 8.36. The number of hydrogen-bond acceptors (Lipinski definition) is 10. The zero-order valence-electron chi connectivity index (χ0n) is 25.8. The normalized spacial score (nSPS) is 33.2. The lowest BCUT2D eigenvalue weighted by molar-refractivity contribution is -0.576. The van der Waals surface area contributed by atoms with E-state index in [9.17, 15) is 9.59 Å². The highest BCUT2D eigenvalue weighted by Gasteiger charge is 2.69. The van der Waals surface area contributed by atoms with E-state index in [0.717, 1.165) is 19.3 Å². The number of anilines is 3. The second kappa shape index (κ2) is 12.2. The van der Waals surface area contributed by atoms with Gasteiger partial charge in [-0.1, -0.05) is 37.0 Å². The molecule has 5 aliphatic rings. The summed E-state index contributed by atoms with van der Waals surface area (Å²) in [7, 11) is 0. The molecule has 1 amide bonds. The van der Waals surface area contributed by atoms with Crippen molar-refractivity contribution in [3.63, 3.8) is 0 Å². The van der Waals surface area contributed by atoms with Gasteiger partial charge in [-0.15, -0.1) is 0 Å². The molecule has 4 saturated heterocycles. The largest absolute Gasteiger partial charge is 0.435 e. The van der Waals surface area contributed by atoms with Crippen LogP contribution in [0.25, 0.3) is 10.9 Å². The lowest BCUT2D eigenvalue weighted by Crippen LogP contribution is -2.70. The summed E-state index contributed by atoms with van der Waals surface area (Å²) in [5.74, 6) is -0.717. The molecule has 0 radical (unpaired) electrons. The number of aromatic nitrogens is 2. The number of halogens is 2. The Morgan fingerprint density at radius 2 is 1.80 bits per heavy atom. The quantitative estimate of drug-likeness (QED) is 0.197. The molecule has 46 heavy (non-hydrogen) atoms. The topological polar surface area (TPSA) is 130 Å². The monoisotopic (exact) mass is 670 g/mol. The third-order valence-corrected chi connectivity index (χ3v) is 10.7. The summed E-state index contributed by atoms with van der Waals surface area (Å²) in [5, 5.41) is 7.61. The molecule has 4 aliphatic heterocycles. The van der Waals surface area contributed by atoms with Crippen molar-refractivity contribution in [3.8, 4) is 0 Å². The van der Waals surface area contributed by atoms with E-state index in [1.807, 2.05) is 13.8 Å². The summed E-state index contributed by atoms with van der Waals surface area (Å²) in [4.78, 5) is 46.6. The van der Waals surface area contributed by atoms with Gasteiger partial charge in [-0.2, -0.15) is 0 Å². The van der Waals surface area contributed by atoms with Crippen LogP contribution in [0.4, 0.5) is 17.2 Å². The first-order valence-electron chi connectivity index (χ1n) is 15.7. The maximum absolute atomic E-state index is 13.0. The molecule has 2 aromatic carbocycles. The van der Waals surface area contributed by atoms with E-state index in [1.54, 1.807) is 36.4 Å². The highest BCUT2D eigenvalue weighted by Crippen LogP contribution is 2.60. The maximum atomic E-state index is 13.0. The molecule has 8 atom stereocenters. The van der Waals surface area contributed by atoms with Crippen molar-refractivity contribution in [2.45, 2.75) is 83.3 Å². The number of amides is 1. The van der Waals surface area contributed by atoms with E-state index in [-0.39, 0.29) is 36.5 Å². The van der Waals surface area contributed by atoms with Gasteiger partial charge in [0.25, 0.3) is 0 Å². The Balaban J connectivity index is 0.983. The maximum Gasteiger partial charge on any atom is 0.308 e. The molecule has 2 N–H and O–H groups in total. The molecule has 2 bridgehead atoms. The van der Waals surface area contributed by atoms with Crippen molar-refractivity contribution in [1.82, 2.24) is 9.97 Å². The Bertz CT molecular complexity index is 1680. The fourth-order valence-electron chi connectivity index (χ4n) is 7.58. The third-order valence-electron chi connectivity index (χ3n) is 10.0. The molecule has 0 unspecified atom stereocenters. The van der Waals surface area contributed by atoms with Crippen LogP contribution in [-0.4, -0.2) is 45.8 Å². The molecular weight excluding hydrogens is 635 g/mol. The summed E-state index contributed by atoms with van der Waals surface area (Å²) >= 11 is 12.2. The third kappa shape index (κ3) is 5.71. The second-order valence-corrected chi connectivity index (χ2v) is 13.8. The first-order chi connectivity index (χ1) is 22.0. The van der Waals surface area contributed by atoms with Crippen molar-refractivity contribution >= 4 is 63.2 Å². The molecule has 5 fully saturated rings. The van der Waals surface area contributed by atoms with Crippen molar-refractivity contribution in [3.05, 3.63) is 52.8 Å². The van der Waals surface area contributed by atoms with Gasteiger partial charge in [0, 0.05) is 41.4 Å². The number of ether oxygens (including phenoxy) is 3. The predicted octanol–water partition coefficient (Wildman–Crippen LogP) is 7.15. The average Bonchev–Trinajstić information content (AvgIpc) is 3.26. The Morgan fingerprint density at radius 1 is 0.978 bits per heavy atom. The summed E-state index contributed by atoms with van der Waals surface area (Å²) in [5.41, 5.74) is 1.17. The van der Waals surface area contributed by atoms with Gasteiger partial charge >= 0.3 is 5.97 Å². The Hall–Kier alpha value is -3.06. The average molecular weight is 672 g/mol. The number of nitrogens with zero attached hydrogens (tertiary/aromatic N) is 2. The number of nitrogens with one attached hydrogen (secondary N) is 2. The highest BCUT2D eigenvalue weighted by atomic mass is 35.5. The van der Waals surface area contributed by atoms with Crippen LogP contribution in [0.2, 0.25) is 10.0 Å². The number of carbonyl (C=O) groups excluding carboxylic acids is 2. The summed E-state index contributed by atoms with van der Waals surface area (Å²) in [6, 6.07) is 10.5. The molecule has 5 heterocycles. The predicted molar refractivity (Wildman–Crippen MR) is 170 cm³/mol. The standard InChI is InChI=1S/C33H36Cl2N4O7/c1-17-4-7-23-18(2)30(43-31-33(23)22(17)12-13-32(3,44-31)45-46-33)42-28(41)11-10-27(40)38-19-6-9-26-21(14-19)29(37-16-36-26)39-20-5-8-24(34)25(35)15-20/h5-6,8-9,14-18,22-23,30-31H,4,7,10-13H2,1-3H3,(H,38,40)(H,36,37,39)/t17-,18-,22+,23+,30-,31-,32-,33-/m1/s1. The molecule has 244 valence electrons. The Labute approximate surface area is 276 Å². The highest BCUT2D eigenvalue weighted by molar-refractivity contribution is 6.42. The number of carbonyl (C=O) groups is 2. The van der Waals surface area contributed by atoms with Gasteiger partial charge in [0.2, 0.25) is 18.0 Å². The zero-order chi connectivity index (χ0) is 32.2. The lowest BCUT2D eigenvalue weighted by atomic mass is 9.58. The van der Waals surface area contributed by atoms with E-state index in [2.05, 4.69) is 27.5 Å². The summed E-state index contributed by atoms with van der Waals surface area (Å²) in [6.45, 7) is 6.12. The summed E-state index contributed by atoms with van der Waals surface area (Å²) in [6.07, 6.45) is 3.28. The van der Waals surface area contributed by atoms with Gasteiger partial charge in [-0.05, 0) is 74.4 Å². The van der Waals surface area contributed by atoms with E-state index in [1.165, 1.54) is 6.33 Å². The van der Waals surface area contributed by atoms with E-state index < -0.39 is 29.9 Å². The fourth-order valence-corrected chi connectivity index (χ4v) is 7.88. The van der Waals surface area contributed by atoms with E-state index in [0.29, 0.717) is 50.5 Å². The van der Waals surface area contributed by atoms with E-state index in [4.69, 9.17) is 47.2 Å². The van der Waals surface area contributed by atoms with Crippen LogP contribution in [0.15, 0.2) is 42.7 Å². The number of benzene rings is 2. The Morgan fingerprint density at radius 3 is 2.63 bits per heavy atom. The van der Waals surface area contributed by atoms with Crippen molar-refractivity contribution in [2.75, 3.05) is 10.6 Å². The zero-order valence-corrected chi connectivity index (χ0v) is 27.3. The van der Waals surface area contributed by atoms with Crippen LogP contribution < -0.4 is 10.6 Å². The molecule has 11 nitrogen and oxygen atoms in total. The van der Waals surface area contributed by atoms with Crippen LogP contribution in [-0.2, 0) is 33.6 Å². The molecule has 8 rings (SSSR count). The first kappa shape index (κ1) is 31.5. The van der Waals surface area contributed by atoms with Crippen molar-refractivity contribution in [1.29, 1.82) is 0 Å². The molecule has 3 aromatic rings. The van der Waals surface area contributed by atoms with Crippen LogP contribution >= 0.6 is 23.2 Å². The van der Waals surface area contributed by atoms with Gasteiger partial charge in [-0.3, -0.25) is 9.59 Å².